The van der Waals surface area contributed by atoms with Crippen molar-refractivity contribution in [3.63, 3.8) is 0 Å². The van der Waals surface area contributed by atoms with Gasteiger partial charge in [0, 0.05) is 24.4 Å². The van der Waals surface area contributed by atoms with E-state index in [0.29, 0.717) is 5.69 Å². The Balaban J connectivity index is 2.29. The minimum absolute atomic E-state index is 0.0926. The van der Waals surface area contributed by atoms with E-state index < -0.39 is 4.92 Å². The van der Waals surface area contributed by atoms with Crippen LogP contribution in [0.1, 0.15) is 10.4 Å². The van der Waals surface area contributed by atoms with Gasteiger partial charge in [-0.15, -0.1) is 0 Å². The van der Waals surface area contributed by atoms with Gasteiger partial charge in [-0.05, 0) is 36.4 Å². The van der Waals surface area contributed by atoms with Gasteiger partial charge in [0.2, 0.25) is 0 Å². The SMILES string of the molecule is CN(C(=O)c1ccc([N+](=O)[O-])c(Cl)c1)c1ccc(O)cc1. The Morgan fingerprint density at radius 1 is 1.24 bits per heavy atom. The number of rotatable bonds is 3. The summed E-state index contributed by atoms with van der Waals surface area (Å²) >= 11 is 5.79. The van der Waals surface area contributed by atoms with Gasteiger partial charge < -0.3 is 10.0 Å². The van der Waals surface area contributed by atoms with Gasteiger partial charge in [-0.25, -0.2) is 0 Å². The van der Waals surface area contributed by atoms with E-state index in [1.54, 1.807) is 19.2 Å². The standard InChI is InChI=1S/C14H11ClN2O4/c1-16(10-3-5-11(18)6-4-10)14(19)9-2-7-13(17(20)21)12(15)8-9/h2-8,18H,1H3. The highest BCUT2D eigenvalue weighted by Gasteiger charge is 2.18. The zero-order valence-corrected chi connectivity index (χ0v) is 11.7. The summed E-state index contributed by atoms with van der Waals surface area (Å²) in [5, 5.41) is 19.8. The van der Waals surface area contributed by atoms with Crippen LogP contribution in [0.4, 0.5) is 11.4 Å². The number of phenolic OH excluding ortho intramolecular Hbond substituents is 1. The molecule has 0 radical (unpaired) electrons. The fourth-order valence-electron chi connectivity index (χ4n) is 1.78. The molecule has 0 aliphatic heterocycles. The summed E-state index contributed by atoms with van der Waals surface area (Å²) in [6, 6.07) is 9.90. The van der Waals surface area contributed by atoms with Gasteiger partial charge in [0.15, 0.2) is 0 Å². The molecule has 2 rings (SSSR count). The van der Waals surface area contributed by atoms with Crippen LogP contribution in [0.25, 0.3) is 0 Å². The van der Waals surface area contributed by atoms with E-state index in [2.05, 4.69) is 0 Å². The largest absolute Gasteiger partial charge is 0.508 e. The molecule has 0 atom stereocenters. The molecule has 0 heterocycles. The normalized spacial score (nSPS) is 10.2. The minimum Gasteiger partial charge on any atom is -0.508 e. The maximum atomic E-state index is 12.3. The summed E-state index contributed by atoms with van der Waals surface area (Å²) in [5.74, 6) is -0.268. The second-order valence-electron chi connectivity index (χ2n) is 4.30. The Morgan fingerprint density at radius 3 is 2.38 bits per heavy atom. The molecule has 21 heavy (non-hydrogen) atoms. The average Bonchev–Trinajstić information content (AvgIpc) is 2.46. The molecule has 0 unspecified atom stereocenters. The molecule has 108 valence electrons. The topological polar surface area (TPSA) is 83.7 Å². The first-order valence-electron chi connectivity index (χ1n) is 5.91. The fraction of sp³-hybridized carbons (Fsp3) is 0.0714. The number of hydrogen-bond donors (Lipinski definition) is 1. The van der Waals surface area contributed by atoms with Crippen molar-refractivity contribution in [1.82, 2.24) is 0 Å². The quantitative estimate of drug-likeness (QED) is 0.697. The number of anilines is 1. The lowest BCUT2D eigenvalue weighted by atomic mass is 10.1. The molecule has 1 amide bonds. The first-order chi connectivity index (χ1) is 9.90. The van der Waals surface area contributed by atoms with Crippen molar-refractivity contribution in [3.05, 3.63) is 63.2 Å². The van der Waals surface area contributed by atoms with Gasteiger partial charge in [-0.3, -0.25) is 14.9 Å². The third-order valence-electron chi connectivity index (χ3n) is 2.93. The lowest BCUT2D eigenvalue weighted by Crippen LogP contribution is -2.26. The van der Waals surface area contributed by atoms with Crippen LogP contribution in [0.3, 0.4) is 0 Å². The Bertz CT molecular complexity index is 701. The number of nitro benzene ring substituents is 1. The number of carbonyl (C=O) groups is 1. The zero-order valence-electron chi connectivity index (χ0n) is 11.0. The highest BCUT2D eigenvalue weighted by Crippen LogP contribution is 2.26. The summed E-state index contributed by atoms with van der Waals surface area (Å²) in [7, 11) is 1.56. The predicted octanol–water partition coefficient (Wildman–Crippen LogP) is 3.23. The maximum absolute atomic E-state index is 12.3. The molecule has 0 bridgehead atoms. The molecule has 0 saturated carbocycles. The van der Waals surface area contributed by atoms with Crippen LogP contribution in [0, 0.1) is 10.1 Å². The molecule has 6 nitrogen and oxygen atoms in total. The van der Waals surface area contributed by atoms with Crippen molar-refractivity contribution in [1.29, 1.82) is 0 Å². The van der Waals surface area contributed by atoms with Gasteiger partial charge in [-0.1, -0.05) is 11.6 Å². The summed E-state index contributed by atoms with van der Waals surface area (Å²) < 4.78 is 0. The summed E-state index contributed by atoms with van der Waals surface area (Å²) in [6.07, 6.45) is 0. The highest BCUT2D eigenvalue weighted by atomic mass is 35.5. The Hall–Kier alpha value is -2.60. The van der Waals surface area contributed by atoms with Crippen LogP contribution in [-0.4, -0.2) is 23.0 Å². The van der Waals surface area contributed by atoms with Crippen LogP contribution < -0.4 is 4.90 Å². The fourth-order valence-corrected chi connectivity index (χ4v) is 2.02. The van der Waals surface area contributed by atoms with Gasteiger partial charge in [0.25, 0.3) is 11.6 Å². The lowest BCUT2D eigenvalue weighted by Gasteiger charge is -2.17. The third kappa shape index (κ3) is 3.11. The molecule has 0 saturated heterocycles. The molecule has 7 heteroatoms. The van der Waals surface area contributed by atoms with Crippen LogP contribution >= 0.6 is 11.6 Å². The lowest BCUT2D eigenvalue weighted by molar-refractivity contribution is -0.384. The molecule has 2 aromatic carbocycles. The van der Waals surface area contributed by atoms with E-state index in [0.717, 1.165) is 0 Å². The number of hydrogen-bond acceptors (Lipinski definition) is 4. The average molecular weight is 307 g/mol. The molecular formula is C14H11ClN2O4. The second kappa shape index (κ2) is 5.80. The number of nitro groups is 1. The molecule has 1 N–H and O–H groups in total. The van der Waals surface area contributed by atoms with E-state index in [-0.39, 0.29) is 27.9 Å². The van der Waals surface area contributed by atoms with Crippen molar-refractivity contribution in [3.8, 4) is 5.75 Å². The summed E-state index contributed by atoms with van der Waals surface area (Å²) in [6.45, 7) is 0. The van der Waals surface area contributed by atoms with Crippen molar-refractivity contribution >= 4 is 28.9 Å². The molecule has 0 aromatic heterocycles. The van der Waals surface area contributed by atoms with E-state index in [1.165, 1.54) is 35.2 Å². The van der Waals surface area contributed by atoms with Crippen LogP contribution in [0.2, 0.25) is 5.02 Å². The van der Waals surface area contributed by atoms with Gasteiger partial charge >= 0.3 is 0 Å². The van der Waals surface area contributed by atoms with Crippen molar-refractivity contribution in [2.24, 2.45) is 0 Å². The van der Waals surface area contributed by atoms with Crippen molar-refractivity contribution in [2.45, 2.75) is 0 Å². The Labute approximate surface area is 125 Å². The van der Waals surface area contributed by atoms with Crippen LogP contribution in [0.15, 0.2) is 42.5 Å². The molecule has 0 fully saturated rings. The van der Waals surface area contributed by atoms with Gasteiger partial charge in [0.1, 0.15) is 10.8 Å². The number of phenols is 1. The number of benzene rings is 2. The van der Waals surface area contributed by atoms with Crippen molar-refractivity contribution in [2.75, 3.05) is 11.9 Å². The molecule has 2 aromatic rings. The first-order valence-corrected chi connectivity index (χ1v) is 6.29. The van der Waals surface area contributed by atoms with E-state index in [9.17, 15) is 20.0 Å². The Morgan fingerprint density at radius 2 is 1.86 bits per heavy atom. The molecule has 0 aliphatic carbocycles. The van der Waals surface area contributed by atoms with Gasteiger partial charge in [-0.2, -0.15) is 0 Å². The summed E-state index contributed by atoms with van der Waals surface area (Å²) in [4.78, 5) is 23.7. The molecular weight excluding hydrogens is 296 g/mol. The Kier molecular flexibility index (Phi) is 4.09. The van der Waals surface area contributed by atoms with E-state index >= 15 is 0 Å². The number of halogens is 1. The molecule has 0 spiro atoms. The maximum Gasteiger partial charge on any atom is 0.287 e. The van der Waals surface area contributed by atoms with E-state index in [1.807, 2.05) is 0 Å². The number of nitrogens with zero attached hydrogens (tertiary/aromatic N) is 2. The van der Waals surface area contributed by atoms with Crippen LogP contribution in [-0.2, 0) is 0 Å². The first kappa shape index (κ1) is 14.8. The van der Waals surface area contributed by atoms with Crippen molar-refractivity contribution < 1.29 is 14.8 Å². The minimum atomic E-state index is -0.611. The zero-order chi connectivity index (χ0) is 15.6. The molecule has 0 aliphatic rings. The second-order valence-corrected chi connectivity index (χ2v) is 4.71. The monoisotopic (exact) mass is 306 g/mol. The van der Waals surface area contributed by atoms with E-state index in [4.69, 9.17) is 11.6 Å². The number of amides is 1. The highest BCUT2D eigenvalue weighted by molar-refractivity contribution is 6.33. The third-order valence-corrected chi connectivity index (χ3v) is 3.24. The smallest absolute Gasteiger partial charge is 0.287 e. The number of carbonyl (C=O) groups excluding carboxylic acids is 1. The van der Waals surface area contributed by atoms with Crippen LogP contribution in [0.5, 0.6) is 5.75 Å². The van der Waals surface area contributed by atoms with Gasteiger partial charge in [0.05, 0.1) is 4.92 Å². The number of aromatic hydroxyl groups is 1. The summed E-state index contributed by atoms with van der Waals surface area (Å²) in [5.41, 5.74) is 0.564. The predicted molar refractivity (Wildman–Crippen MR) is 78.9 cm³/mol.